The lowest BCUT2D eigenvalue weighted by Gasteiger charge is -2.11. The normalized spacial score (nSPS) is 10.1. The Morgan fingerprint density at radius 1 is 1.43 bits per heavy atom. The van der Waals surface area contributed by atoms with E-state index in [0.29, 0.717) is 16.3 Å². The van der Waals surface area contributed by atoms with Crippen LogP contribution in [0.5, 0.6) is 0 Å². The lowest BCUT2D eigenvalue weighted by Crippen LogP contribution is -2.30. The summed E-state index contributed by atoms with van der Waals surface area (Å²) in [5.74, 6) is -0.709. The fourth-order valence-electron chi connectivity index (χ4n) is 1.93. The number of nitriles is 1. The van der Waals surface area contributed by atoms with Crippen molar-refractivity contribution in [1.82, 2.24) is 4.57 Å². The van der Waals surface area contributed by atoms with Crippen LogP contribution in [-0.4, -0.2) is 10.5 Å². The molecule has 5 N–H and O–H groups in total. The molecule has 6 nitrogen and oxygen atoms in total. The van der Waals surface area contributed by atoms with Gasteiger partial charge in [0.15, 0.2) is 0 Å². The summed E-state index contributed by atoms with van der Waals surface area (Å²) in [6.07, 6.45) is 1.54. The van der Waals surface area contributed by atoms with Crippen LogP contribution in [-0.2, 0) is 6.54 Å². The summed E-state index contributed by atoms with van der Waals surface area (Å²) >= 11 is 5.97. The van der Waals surface area contributed by atoms with Gasteiger partial charge in [-0.05, 0) is 23.8 Å². The Hall–Kier alpha value is -2.78. The molecule has 2 aromatic rings. The number of amides is 1. The number of primary amides is 1. The third kappa shape index (κ3) is 3.04. The standard InChI is InChI=1S/C14H12ClN5O/c15-12-3-8(1-2-9(12)5-16)6-20-7-10(17)4-11(13(20)18)14(19)21/h1-4,7,18H,6,17H2,(H2,19,21). The van der Waals surface area contributed by atoms with E-state index in [1.165, 1.54) is 10.6 Å². The maximum absolute atomic E-state index is 11.3. The van der Waals surface area contributed by atoms with Crippen molar-refractivity contribution in [2.45, 2.75) is 6.54 Å². The Kier molecular flexibility index (Phi) is 3.96. The van der Waals surface area contributed by atoms with E-state index in [1.54, 1.807) is 24.4 Å². The minimum Gasteiger partial charge on any atom is -0.398 e. The van der Waals surface area contributed by atoms with Crippen molar-refractivity contribution in [3.8, 4) is 6.07 Å². The molecule has 0 aliphatic rings. The number of anilines is 1. The second-order valence-electron chi connectivity index (χ2n) is 4.45. The Bertz CT molecular complexity index is 819. The predicted octanol–water partition coefficient (Wildman–Crippen LogP) is 1.22. The number of carbonyl (C=O) groups excluding carboxylic acids is 1. The van der Waals surface area contributed by atoms with Gasteiger partial charge in [-0.15, -0.1) is 0 Å². The van der Waals surface area contributed by atoms with E-state index < -0.39 is 5.91 Å². The lowest BCUT2D eigenvalue weighted by molar-refractivity contribution is 0.0998. The number of nitrogens with two attached hydrogens (primary N) is 2. The first-order chi connectivity index (χ1) is 9.92. The van der Waals surface area contributed by atoms with Crippen LogP contribution in [0.25, 0.3) is 0 Å². The number of halogens is 1. The van der Waals surface area contributed by atoms with Crippen molar-refractivity contribution in [2.24, 2.45) is 5.73 Å². The van der Waals surface area contributed by atoms with Crippen molar-refractivity contribution in [3.05, 3.63) is 57.7 Å². The zero-order valence-electron chi connectivity index (χ0n) is 10.9. The quantitative estimate of drug-likeness (QED) is 0.790. The highest BCUT2D eigenvalue weighted by Gasteiger charge is 2.09. The lowest BCUT2D eigenvalue weighted by atomic mass is 10.1. The number of pyridine rings is 1. The molecule has 0 radical (unpaired) electrons. The van der Waals surface area contributed by atoms with Crippen LogP contribution in [0.3, 0.4) is 0 Å². The number of nitrogens with zero attached hydrogens (tertiary/aromatic N) is 2. The minimum absolute atomic E-state index is 0.0304. The zero-order chi connectivity index (χ0) is 15.6. The maximum Gasteiger partial charge on any atom is 0.252 e. The number of hydrogen-bond acceptors (Lipinski definition) is 4. The highest BCUT2D eigenvalue weighted by atomic mass is 35.5. The molecule has 0 fully saturated rings. The fourth-order valence-corrected chi connectivity index (χ4v) is 2.17. The molecule has 21 heavy (non-hydrogen) atoms. The summed E-state index contributed by atoms with van der Waals surface area (Å²) in [6.45, 7) is 0.287. The van der Waals surface area contributed by atoms with Gasteiger partial charge >= 0.3 is 0 Å². The van der Waals surface area contributed by atoms with E-state index >= 15 is 0 Å². The number of nitrogen functional groups attached to an aromatic ring is 1. The summed E-state index contributed by atoms with van der Waals surface area (Å²) in [5, 5.41) is 17.2. The molecule has 0 saturated heterocycles. The number of benzene rings is 1. The van der Waals surface area contributed by atoms with Crippen molar-refractivity contribution in [1.29, 1.82) is 10.7 Å². The molecule has 0 bridgehead atoms. The fraction of sp³-hybridized carbons (Fsp3) is 0.0714. The average molecular weight is 302 g/mol. The minimum atomic E-state index is -0.709. The topological polar surface area (TPSA) is 122 Å². The van der Waals surface area contributed by atoms with Crippen LogP contribution in [0.15, 0.2) is 30.5 Å². The molecule has 1 amide bonds. The van der Waals surface area contributed by atoms with Crippen molar-refractivity contribution in [3.63, 3.8) is 0 Å². The summed E-state index contributed by atoms with van der Waals surface area (Å²) in [5.41, 5.74) is 12.4. The number of nitrogens with one attached hydrogen (secondary N) is 1. The smallest absolute Gasteiger partial charge is 0.252 e. The number of hydrogen-bond donors (Lipinski definition) is 3. The van der Waals surface area contributed by atoms with E-state index in [0.717, 1.165) is 5.56 Å². The van der Waals surface area contributed by atoms with Gasteiger partial charge in [0.05, 0.1) is 16.1 Å². The van der Waals surface area contributed by atoms with Crippen LogP contribution in [0.4, 0.5) is 5.69 Å². The Labute approximate surface area is 125 Å². The van der Waals surface area contributed by atoms with E-state index in [2.05, 4.69) is 0 Å². The van der Waals surface area contributed by atoms with Crippen molar-refractivity contribution >= 4 is 23.2 Å². The molecular weight excluding hydrogens is 290 g/mol. The third-order valence-electron chi connectivity index (χ3n) is 2.93. The first kappa shape index (κ1) is 14.6. The van der Waals surface area contributed by atoms with E-state index in [9.17, 15) is 4.79 Å². The second kappa shape index (κ2) is 5.69. The van der Waals surface area contributed by atoms with Crippen LogP contribution in [0.2, 0.25) is 5.02 Å². The summed E-state index contributed by atoms with van der Waals surface area (Å²) in [7, 11) is 0. The van der Waals surface area contributed by atoms with Gasteiger partial charge in [0.1, 0.15) is 11.6 Å². The molecule has 0 atom stereocenters. The van der Waals surface area contributed by atoms with Crippen molar-refractivity contribution < 1.29 is 4.79 Å². The monoisotopic (exact) mass is 301 g/mol. The SMILES string of the molecule is N#Cc1ccc(Cn2cc(N)cc(C(N)=O)c2=N)cc1Cl. The van der Waals surface area contributed by atoms with Gasteiger partial charge < -0.3 is 16.0 Å². The van der Waals surface area contributed by atoms with Gasteiger partial charge in [-0.3, -0.25) is 10.2 Å². The van der Waals surface area contributed by atoms with Gasteiger partial charge in [0, 0.05) is 18.4 Å². The summed E-state index contributed by atoms with van der Waals surface area (Å²) in [6, 6.07) is 8.31. The van der Waals surface area contributed by atoms with E-state index in [4.69, 9.17) is 33.7 Å². The largest absolute Gasteiger partial charge is 0.398 e. The first-order valence-electron chi connectivity index (χ1n) is 5.95. The molecule has 0 saturated carbocycles. The molecule has 0 unspecified atom stereocenters. The molecule has 0 aliphatic heterocycles. The van der Waals surface area contributed by atoms with E-state index in [1.807, 2.05) is 6.07 Å². The Morgan fingerprint density at radius 3 is 2.71 bits per heavy atom. The van der Waals surface area contributed by atoms with Crippen LogP contribution >= 0.6 is 11.6 Å². The molecule has 7 heteroatoms. The first-order valence-corrected chi connectivity index (χ1v) is 6.33. The molecule has 1 heterocycles. The second-order valence-corrected chi connectivity index (χ2v) is 4.86. The molecule has 0 aliphatic carbocycles. The van der Waals surface area contributed by atoms with Gasteiger partial charge in [0.2, 0.25) is 0 Å². The van der Waals surface area contributed by atoms with Gasteiger partial charge in [0.25, 0.3) is 5.91 Å². The third-order valence-corrected chi connectivity index (χ3v) is 3.24. The molecule has 0 spiro atoms. The number of aromatic nitrogens is 1. The van der Waals surface area contributed by atoms with E-state index in [-0.39, 0.29) is 17.6 Å². The molecule has 2 rings (SSSR count). The average Bonchev–Trinajstić information content (AvgIpc) is 2.42. The van der Waals surface area contributed by atoms with Crippen molar-refractivity contribution in [2.75, 3.05) is 5.73 Å². The number of rotatable bonds is 3. The number of carbonyl (C=O) groups is 1. The molecular formula is C14H12ClN5O. The highest BCUT2D eigenvalue weighted by Crippen LogP contribution is 2.17. The predicted molar refractivity (Wildman–Crippen MR) is 78.5 cm³/mol. The Balaban J connectivity index is 2.45. The van der Waals surface area contributed by atoms with Crippen LogP contribution in [0, 0.1) is 16.7 Å². The van der Waals surface area contributed by atoms with Crippen LogP contribution < -0.4 is 17.0 Å². The highest BCUT2D eigenvalue weighted by molar-refractivity contribution is 6.31. The van der Waals surface area contributed by atoms with Gasteiger partial charge in [-0.25, -0.2) is 0 Å². The maximum atomic E-state index is 11.3. The summed E-state index contributed by atoms with van der Waals surface area (Å²) < 4.78 is 1.49. The summed E-state index contributed by atoms with van der Waals surface area (Å²) in [4.78, 5) is 11.3. The molecule has 1 aromatic heterocycles. The molecule has 1 aromatic carbocycles. The van der Waals surface area contributed by atoms with Gasteiger partial charge in [-0.2, -0.15) is 5.26 Å². The van der Waals surface area contributed by atoms with Gasteiger partial charge in [-0.1, -0.05) is 17.7 Å². The molecule has 106 valence electrons. The zero-order valence-corrected chi connectivity index (χ0v) is 11.7. The Morgan fingerprint density at radius 2 is 2.14 bits per heavy atom. The van der Waals surface area contributed by atoms with Crippen LogP contribution in [0.1, 0.15) is 21.5 Å².